The molecule has 1 amide bonds. The first-order valence-electron chi connectivity index (χ1n) is 9.27. The lowest BCUT2D eigenvalue weighted by Crippen LogP contribution is -2.47. The van der Waals surface area contributed by atoms with Crippen LogP contribution in [0.5, 0.6) is 0 Å². The number of amides is 1. The van der Waals surface area contributed by atoms with Crippen molar-refractivity contribution >= 4 is 23.4 Å². The Hall–Kier alpha value is -2.78. The molecule has 0 aliphatic carbocycles. The number of nitrogens with zero attached hydrogens (tertiary/aromatic N) is 3. The number of carbonyl (C=O) groups excluding carboxylic acids is 1. The van der Waals surface area contributed by atoms with E-state index in [0.29, 0.717) is 18.1 Å². The first kappa shape index (κ1) is 18.6. The predicted molar refractivity (Wildman–Crippen MR) is 109 cm³/mol. The molecule has 0 aromatic heterocycles. The van der Waals surface area contributed by atoms with Gasteiger partial charge in [0.15, 0.2) is 0 Å². The highest BCUT2D eigenvalue weighted by Gasteiger charge is 2.38. The fourth-order valence-electron chi connectivity index (χ4n) is 3.65. The van der Waals surface area contributed by atoms with E-state index in [0.717, 1.165) is 22.7 Å². The molecule has 2 aromatic carbocycles. The maximum Gasteiger partial charge on any atom is 0.229 e. The van der Waals surface area contributed by atoms with Crippen LogP contribution in [0, 0.1) is 17.1 Å². The molecule has 2 aliphatic heterocycles. The molecule has 142 valence electrons. The number of carbonyl (C=O) groups is 1. The molecule has 1 atom stereocenters. The van der Waals surface area contributed by atoms with Gasteiger partial charge in [-0.2, -0.15) is 5.26 Å². The average molecular weight is 393 g/mol. The predicted octanol–water partition coefficient (Wildman–Crippen LogP) is 4.61. The van der Waals surface area contributed by atoms with Gasteiger partial charge in [0.1, 0.15) is 5.82 Å². The van der Waals surface area contributed by atoms with Crippen LogP contribution in [-0.2, 0) is 11.2 Å². The second-order valence-electron chi connectivity index (χ2n) is 6.94. The molecule has 1 fully saturated rings. The van der Waals surface area contributed by atoms with Crippen molar-refractivity contribution in [1.82, 2.24) is 4.90 Å². The van der Waals surface area contributed by atoms with Crippen LogP contribution < -0.4 is 4.90 Å². The Morgan fingerprint density at radius 2 is 1.89 bits per heavy atom. The second kappa shape index (κ2) is 7.69. The van der Waals surface area contributed by atoms with E-state index in [9.17, 15) is 14.4 Å². The minimum absolute atomic E-state index is 0.00861. The molecule has 2 aromatic rings. The summed E-state index contributed by atoms with van der Waals surface area (Å²) >= 11 is 1.51. The molecule has 0 radical (unpaired) electrons. The van der Waals surface area contributed by atoms with E-state index < -0.39 is 0 Å². The summed E-state index contributed by atoms with van der Waals surface area (Å²) in [6, 6.07) is 16.8. The highest BCUT2D eigenvalue weighted by molar-refractivity contribution is 8.03. The Balaban J connectivity index is 1.62. The van der Waals surface area contributed by atoms with Crippen molar-refractivity contribution in [3.8, 4) is 6.07 Å². The highest BCUT2D eigenvalue weighted by atomic mass is 32.2. The standard InChI is InChI=1S/C22H20FN3OS/c1-2-15-3-9-18(10-4-15)25-13-26-21(27)11-19(16-5-7-17(23)8-6-16)20(12-24)22(26)28-14-25/h3-10,19H,2,11,13-14H2,1H3/t19-/m0/s1. The van der Waals surface area contributed by atoms with Crippen LogP contribution in [-0.4, -0.2) is 23.4 Å². The first-order chi connectivity index (χ1) is 13.6. The lowest BCUT2D eigenvalue weighted by atomic mass is 9.86. The van der Waals surface area contributed by atoms with E-state index in [2.05, 4.69) is 42.2 Å². The maximum atomic E-state index is 13.3. The molecular weight excluding hydrogens is 373 g/mol. The SMILES string of the molecule is CCc1ccc(N2CSC3=C(C#N)[C@H](c4ccc(F)cc4)CC(=O)N3C2)cc1. The van der Waals surface area contributed by atoms with Crippen LogP contribution in [0.3, 0.4) is 0 Å². The van der Waals surface area contributed by atoms with Crippen molar-refractivity contribution in [2.45, 2.75) is 25.7 Å². The van der Waals surface area contributed by atoms with Gasteiger partial charge in [0.2, 0.25) is 5.91 Å². The smallest absolute Gasteiger partial charge is 0.229 e. The third-order valence-electron chi connectivity index (χ3n) is 5.28. The van der Waals surface area contributed by atoms with Crippen LogP contribution in [0.15, 0.2) is 59.1 Å². The average Bonchev–Trinajstić information content (AvgIpc) is 2.74. The van der Waals surface area contributed by atoms with Crippen molar-refractivity contribution in [2.75, 3.05) is 17.4 Å². The van der Waals surface area contributed by atoms with Crippen LogP contribution >= 0.6 is 11.8 Å². The summed E-state index contributed by atoms with van der Waals surface area (Å²) in [5.41, 5.74) is 3.74. The van der Waals surface area contributed by atoms with E-state index >= 15 is 0 Å². The first-order valence-corrected chi connectivity index (χ1v) is 10.3. The fraction of sp³-hybridized carbons (Fsp3) is 0.273. The second-order valence-corrected chi connectivity index (χ2v) is 7.87. The molecule has 2 aliphatic rings. The number of halogens is 1. The number of rotatable bonds is 3. The number of hydrogen-bond acceptors (Lipinski definition) is 4. The van der Waals surface area contributed by atoms with E-state index in [1.165, 1.54) is 29.5 Å². The molecule has 28 heavy (non-hydrogen) atoms. The molecule has 0 spiro atoms. The van der Waals surface area contributed by atoms with E-state index in [1.807, 2.05) is 0 Å². The summed E-state index contributed by atoms with van der Waals surface area (Å²) in [6.45, 7) is 2.56. The Morgan fingerprint density at radius 1 is 1.18 bits per heavy atom. The molecule has 0 bridgehead atoms. The van der Waals surface area contributed by atoms with Gasteiger partial charge in [-0.05, 0) is 41.8 Å². The summed E-state index contributed by atoms with van der Waals surface area (Å²) < 4.78 is 13.3. The van der Waals surface area contributed by atoms with Crippen molar-refractivity contribution in [2.24, 2.45) is 0 Å². The van der Waals surface area contributed by atoms with E-state index in [-0.39, 0.29) is 24.1 Å². The fourth-order valence-corrected chi connectivity index (χ4v) is 4.82. The quantitative estimate of drug-likeness (QED) is 0.764. The molecule has 0 unspecified atom stereocenters. The highest BCUT2D eigenvalue weighted by Crippen LogP contribution is 2.43. The lowest BCUT2D eigenvalue weighted by molar-refractivity contribution is -0.129. The number of allylic oxidation sites excluding steroid dienone is 1. The summed E-state index contributed by atoms with van der Waals surface area (Å²) in [5.74, 6) is 0.0275. The number of hydrogen-bond donors (Lipinski definition) is 0. The Bertz CT molecular complexity index is 963. The maximum absolute atomic E-state index is 13.3. The largest absolute Gasteiger partial charge is 0.344 e. The Morgan fingerprint density at radius 3 is 2.54 bits per heavy atom. The van der Waals surface area contributed by atoms with Gasteiger partial charge in [0.25, 0.3) is 0 Å². The van der Waals surface area contributed by atoms with Crippen LogP contribution in [0.2, 0.25) is 0 Å². The van der Waals surface area contributed by atoms with Gasteiger partial charge in [-0.1, -0.05) is 43.0 Å². The van der Waals surface area contributed by atoms with Gasteiger partial charge in [-0.25, -0.2) is 4.39 Å². The molecular formula is C22H20FN3OS. The molecule has 1 saturated heterocycles. The summed E-state index contributed by atoms with van der Waals surface area (Å²) in [7, 11) is 0. The van der Waals surface area contributed by atoms with E-state index in [4.69, 9.17) is 0 Å². The van der Waals surface area contributed by atoms with Crippen molar-refractivity contribution < 1.29 is 9.18 Å². The Kier molecular flexibility index (Phi) is 5.10. The van der Waals surface area contributed by atoms with Gasteiger partial charge >= 0.3 is 0 Å². The van der Waals surface area contributed by atoms with Crippen molar-refractivity contribution in [3.05, 3.63) is 76.1 Å². The normalized spacial score (nSPS) is 19.5. The monoisotopic (exact) mass is 393 g/mol. The van der Waals surface area contributed by atoms with Crippen molar-refractivity contribution in [3.63, 3.8) is 0 Å². The lowest BCUT2D eigenvalue weighted by Gasteiger charge is -2.42. The third kappa shape index (κ3) is 3.38. The molecule has 6 heteroatoms. The zero-order valence-corrected chi connectivity index (χ0v) is 16.4. The number of thioether (sulfide) groups is 1. The summed E-state index contributed by atoms with van der Waals surface area (Å²) in [4.78, 5) is 16.7. The molecule has 4 rings (SSSR count). The topological polar surface area (TPSA) is 47.3 Å². The van der Waals surface area contributed by atoms with Crippen LogP contribution in [0.25, 0.3) is 0 Å². The van der Waals surface area contributed by atoms with Gasteiger partial charge in [-0.3, -0.25) is 9.69 Å². The number of fused-ring (bicyclic) bond motifs is 1. The van der Waals surface area contributed by atoms with Crippen LogP contribution in [0.4, 0.5) is 10.1 Å². The molecule has 4 nitrogen and oxygen atoms in total. The number of anilines is 1. The van der Waals surface area contributed by atoms with Crippen molar-refractivity contribution in [1.29, 1.82) is 5.26 Å². The molecule has 2 heterocycles. The minimum atomic E-state index is -0.324. The van der Waals surface area contributed by atoms with Crippen LogP contribution in [0.1, 0.15) is 30.4 Å². The number of nitriles is 1. The van der Waals surface area contributed by atoms with Gasteiger partial charge in [-0.15, -0.1) is 0 Å². The molecule has 0 saturated carbocycles. The minimum Gasteiger partial charge on any atom is -0.344 e. The van der Waals surface area contributed by atoms with E-state index in [1.54, 1.807) is 17.0 Å². The number of aryl methyl sites for hydroxylation is 1. The molecule has 0 N–H and O–H groups in total. The number of benzene rings is 2. The summed E-state index contributed by atoms with van der Waals surface area (Å²) in [6.07, 6.45) is 1.21. The van der Waals surface area contributed by atoms with Gasteiger partial charge in [0, 0.05) is 18.0 Å². The van der Waals surface area contributed by atoms with Gasteiger partial charge < -0.3 is 4.90 Å². The Labute approximate surface area is 168 Å². The third-order valence-corrected chi connectivity index (χ3v) is 6.43. The zero-order valence-electron chi connectivity index (χ0n) is 15.6. The summed E-state index contributed by atoms with van der Waals surface area (Å²) in [5, 5.41) is 10.5. The van der Waals surface area contributed by atoms with Gasteiger partial charge in [0.05, 0.1) is 29.2 Å². The zero-order chi connectivity index (χ0) is 19.7.